The fraction of sp³-hybridized carbons (Fsp3) is 0.450. The van der Waals surface area contributed by atoms with E-state index in [0.29, 0.717) is 32.7 Å². The standard InChI is InChI=1S/C20H26FN5O2/c1-3-25(14-18-22-8-10-24(18)2)19(27)12-17-20(28)23-9-11-26(17)13-15-4-6-16(21)7-5-15/h4-8,10,17H,3,9,11-14H2,1-2H3,(H,23,28). The predicted octanol–water partition coefficient (Wildman–Crippen LogP) is 1.30. The van der Waals surface area contributed by atoms with Gasteiger partial charge in [-0.2, -0.15) is 0 Å². The molecule has 7 nitrogen and oxygen atoms in total. The molecule has 1 N–H and O–H groups in total. The minimum absolute atomic E-state index is 0.0864. The summed E-state index contributed by atoms with van der Waals surface area (Å²) in [5, 5.41) is 2.85. The Morgan fingerprint density at radius 3 is 2.75 bits per heavy atom. The lowest BCUT2D eigenvalue weighted by Gasteiger charge is -2.35. The first-order chi connectivity index (χ1) is 13.5. The maximum absolute atomic E-state index is 13.2. The summed E-state index contributed by atoms with van der Waals surface area (Å²) in [6.07, 6.45) is 3.64. The summed E-state index contributed by atoms with van der Waals surface area (Å²) in [4.78, 5) is 33.3. The van der Waals surface area contributed by atoms with Gasteiger partial charge < -0.3 is 14.8 Å². The zero-order valence-electron chi connectivity index (χ0n) is 16.3. The van der Waals surface area contributed by atoms with Gasteiger partial charge in [0.15, 0.2) is 0 Å². The molecule has 0 aliphatic carbocycles. The predicted molar refractivity (Wildman–Crippen MR) is 103 cm³/mol. The first kappa shape index (κ1) is 20.0. The first-order valence-corrected chi connectivity index (χ1v) is 9.48. The van der Waals surface area contributed by atoms with Crippen LogP contribution < -0.4 is 5.32 Å². The van der Waals surface area contributed by atoms with Crippen LogP contribution in [0.15, 0.2) is 36.7 Å². The van der Waals surface area contributed by atoms with E-state index in [1.165, 1.54) is 12.1 Å². The molecule has 3 rings (SSSR count). The van der Waals surface area contributed by atoms with Crippen molar-refractivity contribution in [2.75, 3.05) is 19.6 Å². The number of hydrogen-bond acceptors (Lipinski definition) is 4. The smallest absolute Gasteiger partial charge is 0.237 e. The van der Waals surface area contributed by atoms with Gasteiger partial charge >= 0.3 is 0 Å². The highest BCUT2D eigenvalue weighted by Gasteiger charge is 2.33. The second kappa shape index (κ2) is 8.97. The molecule has 2 amide bonds. The largest absolute Gasteiger partial charge is 0.353 e. The van der Waals surface area contributed by atoms with E-state index >= 15 is 0 Å². The number of halogens is 1. The number of imidazole rings is 1. The third-order valence-corrected chi connectivity index (χ3v) is 5.10. The summed E-state index contributed by atoms with van der Waals surface area (Å²) in [5.74, 6) is 0.276. The summed E-state index contributed by atoms with van der Waals surface area (Å²) < 4.78 is 15.0. The van der Waals surface area contributed by atoms with Gasteiger partial charge in [0.1, 0.15) is 11.6 Å². The van der Waals surface area contributed by atoms with Gasteiger partial charge in [0.25, 0.3) is 0 Å². The average molecular weight is 387 g/mol. The van der Waals surface area contributed by atoms with E-state index in [-0.39, 0.29) is 24.1 Å². The maximum Gasteiger partial charge on any atom is 0.237 e. The van der Waals surface area contributed by atoms with Crippen molar-refractivity contribution < 1.29 is 14.0 Å². The molecule has 1 saturated heterocycles. The van der Waals surface area contributed by atoms with E-state index in [4.69, 9.17) is 0 Å². The molecule has 1 unspecified atom stereocenters. The van der Waals surface area contributed by atoms with E-state index < -0.39 is 6.04 Å². The Labute approximate surface area is 164 Å². The first-order valence-electron chi connectivity index (χ1n) is 9.48. The summed E-state index contributed by atoms with van der Waals surface area (Å²) in [7, 11) is 1.89. The topological polar surface area (TPSA) is 70.5 Å². The highest BCUT2D eigenvalue weighted by atomic mass is 19.1. The number of aromatic nitrogens is 2. The highest BCUT2D eigenvalue weighted by molar-refractivity contribution is 5.88. The Morgan fingerprint density at radius 1 is 1.36 bits per heavy atom. The van der Waals surface area contributed by atoms with Gasteiger partial charge in [-0.1, -0.05) is 12.1 Å². The molecule has 28 heavy (non-hydrogen) atoms. The normalized spacial score (nSPS) is 17.4. The molecule has 1 aliphatic heterocycles. The van der Waals surface area contributed by atoms with E-state index in [0.717, 1.165) is 11.4 Å². The lowest BCUT2D eigenvalue weighted by atomic mass is 10.1. The van der Waals surface area contributed by atoms with Crippen LogP contribution in [0.25, 0.3) is 0 Å². The second-order valence-electron chi connectivity index (χ2n) is 6.97. The monoisotopic (exact) mass is 387 g/mol. The molecule has 0 bridgehead atoms. The van der Waals surface area contributed by atoms with Crippen LogP contribution in [0.1, 0.15) is 24.7 Å². The summed E-state index contributed by atoms with van der Waals surface area (Å²) in [6.45, 7) is 4.54. The third kappa shape index (κ3) is 4.75. The zero-order chi connectivity index (χ0) is 20.1. The fourth-order valence-corrected chi connectivity index (χ4v) is 3.39. The van der Waals surface area contributed by atoms with Gasteiger partial charge in [0, 0.05) is 45.6 Å². The molecule has 1 aliphatic rings. The van der Waals surface area contributed by atoms with E-state index in [2.05, 4.69) is 10.3 Å². The molecule has 2 aromatic rings. The van der Waals surface area contributed by atoms with Crippen LogP contribution in [0.3, 0.4) is 0 Å². The van der Waals surface area contributed by atoms with Crippen molar-refractivity contribution in [3.8, 4) is 0 Å². The minimum Gasteiger partial charge on any atom is -0.353 e. The van der Waals surface area contributed by atoms with Crippen molar-refractivity contribution in [1.82, 2.24) is 24.7 Å². The van der Waals surface area contributed by atoms with Crippen LogP contribution in [0, 0.1) is 5.82 Å². The van der Waals surface area contributed by atoms with E-state index in [9.17, 15) is 14.0 Å². The molecule has 0 saturated carbocycles. The molecular formula is C20H26FN5O2. The van der Waals surface area contributed by atoms with Crippen molar-refractivity contribution in [1.29, 1.82) is 0 Å². The molecule has 8 heteroatoms. The van der Waals surface area contributed by atoms with Crippen molar-refractivity contribution >= 4 is 11.8 Å². The third-order valence-electron chi connectivity index (χ3n) is 5.10. The number of aryl methyl sites for hydroxylation is 1. The minimum atomic E-state index is -0.540. The Morgan fingerprint density at radius 2 is 2.11 bits per heavy atom. The van der Waals surface area contributed by atoms with Gasteiger partial charge in [-0.3, -0.25) is 14.5 Å². The van der Waals surface area contributed by atoms with Gasteiger partial charge in [-0.15, -0.1) is 0 Å². The second-order valence-corrected chi connectivity index (χ2v) is 6.97. The van der Waals surface area contributed by atoms with Gasteiger partial charge in [0.2, 0.25) is 11.8 Å². The Bertz CT molecular complexity index is 820. The summed E-state index contributed by atoms with van der Waals surface area (Å²) in [6, 6.07) is 5.69. The van der Waals surface area contributed by atoms with Crippen molar-refractivity contribution in [3.63, 3.8) is 0 Å². The number of hydrogen-bond donors (Lipinski definition) is 1. The fourth-order valence-electron chi connectivity index (χ4n) is 3.39. The number of amides is 2. The van der Waals surface area contributed by atoms with Gasteiger partial charge in [0.05, 0.1) is 19.0 Å². The lowest BCUT2D eigenvalue weighted by molar-refractivity contribution is -0.139. The number of nitrogens with one attached hydrogen (secondary N) is 1. The number of carbonyl (C=O) groups excluding carboxylic acids is 2. The molecule has 2 heterocycles. The number of nitrogens with zero attached hydrogens (tertiary/aromatic N) is 4. The number of rotatable bonds is 7. The zero-order valence-corrected chi connectivity index (χ0v) is 16.3. The quantitative estimate of drug-likeness (QED) is 0.778. The molecule has 1 aromatic heterocycles. The van der Waals surface area contributed by atoms with Crippen LogP contribution in [0.4, 0.5) is 4.39 Å². The summed E-state index contributed by atoms with van der Waals surface area (Å²) in [5.41, 5.74) is 0.911. The van der Waals surface area contributed by atoms with Crippen molar-refractivity contribution in [2.45, 2.75) is 32.5 Å². The van der Waals surface area contributed by atoms with Crippen LogP contribution in [0.2, 0.25) is 0 Å². The van der Waals surface area contributed by atoms with E-state index in [1.807, 2.05) is 29.6 Å². The van der Waals surface area contributed by atoms with Crippen LogP contribution in [0.5, 0.6) is 0 Å². The molecule has 1 atom stereocenters. The van der Waals surface area contributed by atoms with Crippen LogP contribution >= 0.6 is 0 Å². The summed E-state index contributed by atoms with van der Waals surface area (Å²) >= 11 is 0. The molecule has 150 valence electrons. The number of piperazine rings is 1. The molecular weight excluding hydrogens is 361 g/mol. The van der Waals surface area contributed by atoms with Crippen LogP contribution in [-0.4, -0.2) is 56.8 Å². The Balaban J connectivity index is 1.68. The van der Waals surface area contributed by atoms with Crippen LogP contribution in [-0.2, 0) is 29.7 Å². The molecule has 1 fully saturated rings. The van der Waals surface area contributed by atoms with Gasteiger partial charge in [-0.05, 0) is 24.6 Å². The molecule has 0 radical (unpaired) electrons. The maximum atomic E-state index is 13.2. The molecule has 1 aromatic carbocycles. The van der Waals surface area contributed by atoms with Crippen molar-refractivity contribution in [2.24, 2.45) is 7.05 Å². The Hall–Kier alpha value is -2.74. The van der Waals surface area contributed by atoms with Gasteiger partial charge in [-0.25, -0.2) is 9.37 Å². The number of carbonyl (C=O) groups is 2. The van der Waals surface area contributed by atoms with E-state index in [1.54, 1.807) is 23.2 Å². The number of benzene rings is 1. The molecule has 0 spiro atoms. The lowest BCUT2D eigenvalue weighted by Crippen LogP contribution is -2.56. The van der Waals surface area contributed by atoms with Crippen molar-refractivity contribution in [3.05, 3.63) is 53.9 Å². The Kier molecular flexibility index (Phi) is 6.41. The SMILES string of the molecule is CCN(Cc1nccn1C)C(=O)CC1C(=O)NCCN1Cc1ccc(F)cc1. The average Bonchev–Trinajstić information content (AvgIpc) is 3.08. The highest BCUT2D eigenvalue weighted by Crippen LogP contribution is 2.16.